The number of hydrogen-bond donors (Lipinski definition) is 0. The van der Waals surface area contributed by atoms with E-state index in [-0.39, 0.29) is 32.3 Å². The van der Waals surface area contributed by atoms with Crippen LogP contribution in [0.15, 0.2) is 24.3 Å². The first-order valence-electron chi connectivity index (χ1n) is 12.2. The molecular formula is C26H46O4Zn. The van der Waals surface area contributed by atoms with Crippen molar-refractivity contribution >= 4 is 11.9 Å². The number of aliphatic carboxylic acids is 2. The van der Waals surface area contributed by atoms with Crippen LogP contribution in [0.3, 0.4) is 0 Å². The van der Waals surface area contributed by atoms with Gasteiger partial charge in [-0.05, 0) is 64.2 Å². The molecule has 0 fully saturated rings. The molecule has 176 valence electrons. The molecule has 0 heterocycles. The van der Waals surface area contributed by atoms with Gasteiger partial charge in [-0.25, -0.2) is 0 Å². The van der Waals surface area contributed by atoms with Crippen LogP contribution in [0.4, 0.5) is 0 Å². The van der Waals surface area contributed by atoms with Gasteiger partial charge in [-0.15, -0.1) is 0 Å². The largest absolute Gasteiger partial charge is 2.00 e. The zero-order valence-electron chi connectivity index (χ0n) is 20.4. The third kappa shape index (κ3) is 40.0. The topological polar surface area (TPSA) is 80.3 Å². The van der Waals surface area contributed by atoms with Crippen LogP contribution in [-0.2, 0) is 29.1 Å². The first-order valence-corrected chi connectivity index (χ1v) is 12.2. The quantitative estimate of drug-likeness (QED) is 0.126. The molecule has 4 nitrogen and oxygen atoms in total. The second-order valence-corrected chi connectivity index (χ2v) is 7.88. The summed E-state index contributed by atoms with van der Waals surface area (Å²) < 4.78 is 0. The van der Waals surface area contributed by atoms with E-state index in [0.29, 0.717) is 0 Å². The van der Waals surface area contributed by atoms with Gasteiger partial charge in [0.05, 0.1) is 0 Å². The molecule has 0 N–H and O–H groups in total. The van der Waals surface area contributed by atoms with Crippen molar-refractivity contribution in [2.45, 2.75) is 129 Å². The van der Waals surface area contributed by atoms with Crippen molar-refractivity contribution in [1.82, 2.24) is 0 Å². The Balaban J connectivity index is -0.000000490. The fourth-order valence-electron chi connectivity index (χ4n) is 2.93. The van der Waals surface area contributed by atoms with Crippen LogP contribution in [0.2, 0.25) is 0 Å². The van der Waals surface area contributed by atoms with E-state index in [4.69, 9.17) is 0 Å². The van der Waals surface area contributed by atoms with Gasteiger partial charge in [0.15, 0.2) is 0 Å². The van der Waals surface area contributed by atoms with Gasteiger partial charge in [-0.2, -0.15) is 0 Å². The van der Waals surface area contributed by atoms with E-state index in [2.05, 4.69) is 38.2 Å². The molecule has 0 aliphatic carbocycles. The van der Waals surface area contributed by atoms with Crippen LogP contribution in [-0.4, -0.2) is 11.9 Å². The normalized spacial score (nSPS) is 10.6. The van der Waals surface area contributed by atoms with E-state index >= 15 is 0 Å². The number of hydrogen-bond acceptors (Lipinski definition) is 4. The number of rotatable bonds is 20. The number of unbranched alkanes of at least 4 members (excludes halogenated alkanes) is 12. The van der Waals surface area contributed by atoms with Gasteiger partial charge in [0.25, 0.3) is 0 Å². The Bertz CT molecular complexity index is 393. The molecule has 0 aliphatic heterocycles. The zero-order chi connectivity index (χ0) is 22.7. The minimum Gasteiger partial charge on any atom is -0.550 e. The summed E-state index contributed by atoms with van der Waals surface area (Å²) >= 11 is 0. The Hall–Kier alpha value is -0.957. The molecule has 31 heavy (non-hydrogen) atoms. The van der Waals surface area contributed by atoms with E-state index in [0.717, 1.165) is 38.5 Å². The van der Waals surface area contributed by atoms with Gasteiger partial charge in [0.2, 0.25) is 0 Å². The van der Waals surface area contributed by atoms with E-state index in [1.165, 1.54) is 64.2 Å². The number of carbonyl (C=O) groups excluding carboxylic acids is 2. The van der Waals surface area contributed by atoms with E-state index in [1.807, 2.05) is 0 Å². The average molecular weight is 488 g/mol. The second-order valence-electron chi connectivity index (χ2n) is 7.88. The van der Waals surface area contributed by atoms with Crippen molar-refractivity contribution in [3.05, 3.63) is 24.3 Å². The van der Waals surface area contributed by atoms with Crippen molar-refractivity contribution < 1.29 is 39.3 Å². The van der Waals surface area contributed by atoms with Gasteiger partial charge >= 0.3 is 19.5 Å². The van der Waals surface area contributed by atoms with Crippen molar-refractivity contribution in [2.75, 3.05) is 0 Å². The summed E-state index contributed by atoms with van der Waals surface area (Å²) in [4.78, 5) is 20.2. The van der Waals surface area contributed by atoms with Crippen LogP contribution in [0, 0.1) is 0 Å². The molecule has 0 aromatic rings. The molecular weight excluding hydrogens is 442 g/mol. The maximum atomic E-state index is 10.1. The molecule has 0 spiro atoms. The van der Waals surface area contributed by atoms with Crippen LogP contribution in [0.25, 0.3) is 0 Å². The van der Waals surface area contributed by atoms with E-state index < -0.39 is 11.9 Å². The molecule has 0 amide bonds. The predicted octanol–water partition coefficient (Wildman–Crippen LogP) is 5.64. The third-order valence-electron chi connectivity index (χ3n) is 4.75. The van der Waals surface area contributed by atoms with E-state index in [1.54, 1.807) is 0 Å². The van der Waals surface area contributed by atoms with Gasteiger partial charge in [-0.1, -0.05) is 89.5 Å². The van der Waals surface area contributed by atoms with E-state index in [9.17, 15) is 19.8 Å². The monoisotopic (exact) mass is 486 g/mol. The molecule has 0 saturated heterocycles. The maximum Gasteiger partial charge on any atom is 2.00 e. The second kappa shape index (κ2) is 31.2. The average Bonchev–Trinajstić information content (AvgIpc) is 2.71. The molecule has 0 aromatic heterocycles. The summed E-state index contributed by atoms with van der Waals surface area (Å²) in [5, 5.41) is 20.2. The fourth-order valence-corrected chi connectivity index (χ4v) is 2.93. The Kier molecular flexibility index (Phi) is 34.9. The summed E-state index contributed by atoms with van der Waals surface area (Å²) in [6, 6.07) is 0. The number of carboxylic acids is 2. The zero-order valence-corrected chi connectivity index (χ0v) is 23.3. The Morgan fingerprint density at radius 2 is 0.806 bits per heavy atom. The minimum atomic E-state index is -0.919. The SMILES string of the molecule is CCCC=CCCCCCCCC(=O)[O-].CCCC=CCCCCCCCC(=O)[O-].[Zn+2]. The maximum absolute atomic E-state index is 10.1. The molecule has 0 radical (unpaired) electrons. The molecule has 5 heteroatoms. The van der Waals surface area contributed by atoms with Gasteiger partial charge in [-0.3, -0.25) is 0 Å². The number of carboxylic acid groups (broad SMARTS) is 2. The molecule has 0 atom stereocenters. The first-order chi connectivity index (χ1) is 14.5. The number of carbonyl (C=O) groups is 2. The molecule has 0 saturated carbocycles. The van der Waals surface area contributed by atoms with Gasteiger partial charge in [0, 0.05) is 11.9 Å². The summed E-state index contributed by atoms with van der Waals surface area (Å²) in [5.74, 6) is -1.84. The van der Waals surface area contributed by atoms with Crippen LogP contribution in [0.5, 0.6) is 0 Å². The van der Waals surface area contributed by atoms with Gasteiger partial charge in [0.1, 0.15) is 0 Å². The molecule has 0 unspecified atom stereocenters. The smallest absolute Gasteiger partial charge is 0.550 e. The van der Waals surface area contributed by atoms with Crippen molar-refractivity contribution in [1.29, 1.82) is 0 Å². The Morgan fingerprint density at radius 1 is 0.516 bits per heavy atom. The molecule has 0 bridgehead atoms. The minimum absolute atomic E-state index is 0. The molecule has 0 aromatic carbocycles. The van der Waals surface area contributed by atoms with Crippen molar-refractivity contribution in [2.24, 2.45) is 0 Å². The van der Waals surface area contributed by atoms with Crippen molar-refractivity contribution in [3.63, 3.8) is 0 Å². The number of allylic oxidation sites excluding steroid dienone is 4. The van der Waals surface area contributed by atoms with Crippen LogP contribution >= 0.6 is 0 Å². The van der Waals surface area contributed by atoms with Gasteiger partial charge < -0.3 is 19.8 Å². The summed E-state index contributed by atoms with van der Waals surface area (Å²) in [5.41, 5.74) is 0. The van der Waals surface area contributed by atoms with Crippen LogP contribution in [0.1, 0.15) is 129 Å². The standard InChI is InChI=1S/2C13H24O2.Zn/c2*1-2-3-4-5-6-7-8-9-10-11-12-13(14)15;/h2*4-5H,2-3,6-12H2,1H3,(H,14,15);/q;;+2/p-2. The predicted molar refractivity (Wildman–Crippen MR) is 123 cm³/mol. The summed E-state index contributed by atoms with van der Waals surface area (Å²) in [6.45, 7) is 4.36. The summed E-state index contributed by atoms with van der Waals surface area (Å²) in [6.07, 6.45) is 27.3. The molecule has 0 aliphatic rings. The Labute approximate surface area is 204 Å². The summed E-state index contributed by atoms with van der Waals surface area (Å²) in [7, 11) is 0. The fraction of sp³-hybridized carbons (Fsp3) is 0.769. The third-order valence-corrected chi connectivity index (χ3v) is 4.75. The first kappa shape index (κ1) is 34.7. The van der Waals surface area contributed by atoms with Crippen LogP contribution < -0.4 is 10.2 Å². The molecule has 0 rings (SSSR count). The van der Waals surface area contributed by atoms with Crippen molar-refractivity contribution in [3.8, 4) is 0 Å². The Morgan fingerprint density at radius 3 is 1.13 bits per heavy atom.